The van der Waals surface area contributed by atoms with E-state index < -0.39 is 0 Å². The molecular formula is C18H15ClN2O4. The van der Waals surface area contributed by atoms with Crippen LogP contribution in [0.25, 0.3) is 0 Å². The van der Waals surface area contributed by atoms with Gasteiger partial charge in [-0.15, -0.1) is 0 Å². The molecule has 25 heavy (non-hydrogen) atoms. The first-order valence-corrected chi connectivity index (χ1v) is 8.05. The maximum atomic E-state index is 12.2. The largest absolute Gasteiger partial charge is 0.479 e. The summed E-state index contributed by atoms with van der Waals surface area (Å²) in [7, 11) is 0. The molecule has 2 aromatic carbocycles. The summed E-state index contributed by atoms with van der Waals surface area (Å²) < 4.78 is 5.37. The summed E-state index contributed by atoms with van der Waals surface area (Å²) in [5.41, 5.74) is 1.36. The number of ether oxygens (including phenoxy) is 1. The predicted octanol–water partition coefficient (Wildman–Crippen LogP) is 3.27. The molecule has 0 saturated carbocycles. The monoisotopic (exact) mass is 358 g/mol. The van der Waals surface area contributed by atoms with Gasteiger partial charge in [-0.25, -0.2) is 0 Å². The van der Waals surface area contributed by atoms with Crippen molar-refractivity contribution in [3.05, 3.63) is 53.1 Å². The minimum atomic E-state index is -0.325. The van der Waals surface area contributed by atoms with E-state index >= 15 is 0 Å². The smallest absolute Gasteiger partial charge is 0.262 e. The lowest BCUT2D eigenvalue weighted by atomic mass is 10.1. The molecule has 0 radical (unpaired) electrons. The molecule has 1 heterocycles. The molecule has 0 fully saturated rings. The fourth-order valence-corrected chi connectivity index (χ4v) is 2.72. The van der Waals surface area contributed by atoms with Crippen LogP contribution in [0.5, 0.6) is 5.75 Å². The van der Waals surface area contributed by atoms with Crippen LogP contribution in [0.15, 0.2) is 42.5 Å². The molecule has 0 saturated heterocycles. The van der Waals surface area contributed by atoms with Gasteiger partial charge in [-0.2, -0.15) is 0 Å². The Hall–Kier alpha value is -2.86. The average Bonchev–Trinajstić information content (AvgIpc) is 2.60. The summed E-state index contributed by atoms with van der Waals surface area (Å²) in [5.74, 6) is -0.358. The van der Waals surface area contributed by atoms with E-state index in [0.717, 1.165) is 0 Å². The Labute approximate surface area is 149 Å². The van der Waals surface area contributed by atoms with Gasteiger partial charge in [0.05, 0.1) is 16.4 Å². The van der Waals surface area contributed by atoms with Gasteiger partial charge in [-0.3, -0.25) is 14.4 Å². The number of Topliss-reactive ketones (excluding diaryl/α,β-unsaturated/α-hetero) is 1. The Morgan fingerprint density at radius 1 is 1.12 bits per heavy atom. The van der Waals surface area contributed by atoms with Crippen molar-refractivity contribution in [1.82, 2.24) is 0 Å². The van der Waals surface area contributed by atoms with E-state index in [9.17, 15) is 14.4 Å². The topological polar surface area (TPSA) is 84.5 Å². The summed E-state index contributed by atoms with van der Waals surface area (Å²) in [6, 6.07) is 11.8. The highest BCUT2D eigenvalue weighted by molar-refractivity contribution is 6.34. The molecule has 0 aromatic heterocycles. The van der Waals surface area contributed by atoms with Crippen LogP contribution < -0.4 is 15.4 Å². The number of fused-ring (bicyclic) bond motifs is 1. The van der Waals surface area contributed by atoms with E-state index in [1.165, 1.54) is 0 Å². The van der Waals surface area contributed by atoms with Gasteiger partial charge in [0.15, 0.2) is 18.1 Å². The molecule has 0 unspecified atom stereocenters. The van der Waals surface area contributed by atoms with Gasteiger partial charge in [-0.05, 0) is 24.3 Å². The van der Waals surface area contributed by atoms with Crippen LogP contribution in [-0.4, -0.2) is 24.2 Å². The van der Waals surface area contributed by atoms with Crippen molar-refractivity contribution in [3.8, 4) is 5.75 Å². The third-order valence-electron chi connectivity index (χ3n) is 3.66. The summed E-state index contributed by atoms with van der Waals surface area (Å²) in [5, 5.41) is 5.74. The number of carbonyl (C=O) groups is 3. The SMILES string of the molecule is O=C(CCC(=O)c1ccccc1Cl)Nc1cccc2c1OCC(=O)N2. The summed E-state index contributed by atoms with van der Waals surface area (Å²) in [6.07, 6.45) is 0.0578. The number of hydrogen-bond donors (Lipinski definition) is 2. The molecular weight excluding hydrogens is 344 g/mol. The van der Waals surface area contributed by atoms with Crippen LogP contribution in [0.4, 0.5) is 11.4 Å². The number of ketones is 1. The molecule has 6 nitrogen and oxygen atoms in total. The molecule has 1 aliphatic heterocycles. The fraction of sp³-hybridized carbons (Fsp3) is 0.167. The zero-order valence-corrected chi connectivity index (χ0v) is 13.9. The summed E-state index contributed by atoms with van der Waals surface area (Å²) >= 11 is 5.98. The number of halogens is 1. The molecule has 7 heteroatoms. The second kappa shape index (κ2) is 7.36. The molecule has 0 bridgehead atoms. The zero-order chi connectivity index (χ0) is 17.8. The number of para-hydroxylation sites is 1. The van der Waals surface area contributed by atoms with Crippen molar-refractivity contribution in [3.63, 3.8) is 0 Å². The van der Waals surface area contributed by atoms with Crippen LogP contribution in [0.1, 0.15) is 23.2 Å². The van der Waals surface area contributed by atoms with Crippen molar-refractivity contribution < 1.29 is 19.1 Å². The lowest BCUT2D eigenvalue weighted by Gasteiger charge is -2.20. The minimum Gasteiger partial charge on any atom is -0.479 e. The van der Waals surface area contributed by atoms with Crippen molar-refractivity contribution in [2.45, 2.75) is 12.8 Å². The first-order valence-electron chi connectivity index (χ1n) is 7.68. The summed E-state index contributed by atoms with van der Waals surface area (Å²) in [4.78, 5) is 35.6. The number of hydrogen-bond acceptors (Lipinski definition) is 4. The van der Waals surface area contributed by atoms with Crippen LogP contribution in [-0.2, 0) is 9.59 Å². The summed E-state index contributed by atoms with van der Waals surface area (Å²) in [6.45, 7) is -0.106. The molecule has 1 aliphatic rings. The van der Waals surface area contributed by atoms with Crippen LogP contribution >= 0.6 is 11.6 Å². The lowest BCUT2D eigenvalue weighted by molar-refractivity contribution is -0.118. The maximum absolute atomic E-state index is 12.2. The van der Waals surface area contributed by atoms with Crippen LogP contribution in [0.3, 0.4) is 0 Å². The second-order valence-corrected chi connectivity index (χ2v) is 5.88. The van der Waals surface area contributed by atoms with E-state index in [4.69, 9.17) is 16.3 Å². The van der Waals surface area contributed by atoms with Crippen molar-refractivity contribution >= 4 is 40.6 Å². The molecule has 0 spiro atoms. The Morgan fingerprint density at radius 3 is 2.72 bits per heavy atom. The predicted molar refractivity (Wildman–Crippen MR) is 94.2 cm³/mol. The number of rotatable bonds is 5. The minimum absolute atomic E-state index is 0.0140. The van der Waals surface area contributed by atoms with Gasteiger partial charge in [0.2, 0.25) is 5.91 Å². The standard InChI is InChI=1S/C18H15ClN2O4/c19-12-5-2-1-4-11(12)15(22)8-9-16(23)20-13-6-3-7-14-18(13)25-10-17(24)21-14/h1-7H,8-10H2,(H,20,23)(H,21,24). The van der Waals surface area contributed by atoms with Crippen LogP contribution in [0.2, 0.25) is 5.02 Å². The van der Waals surface area contributed by atoms with Gasteiger partial charge in [0.25, 0.3) is 5.91 Å². The maximum Gasteiger partial charge on any atom is 0.262 e. The number of carbonyl (C=O) groups excluding carboxylic acids is 3. The number of amides is 2. The first-order chi connectivity index (χ1) is 12.0. The average molecular weight is 359 g/mol. The molecule has 2 N–H and O–H groups in total. The highest BCUT2D eigenvalue weighted by Crippen LogP contribution is 2.35. The van der Waals surface area contributed by atoms with E-state index in [1.807, 2.05) is 0 Å². The highest BCUT2D eigenvalue weighted by atomic mass is 35.5. The third kappa shape index (κ3) is 3.97. The second-order valence-electron chi connectivity index (χ2n) is 5.47. The zero-order valence-electron chi connectivity index (χ0n) is 13.2. The Morgan fingerprint density at radius 2 is 1.92 bits per heavy atom. The third-order valence-corrected chi connectivity index (χ3v) is 3.99. The molecule has 3 rings (SSSR count). The van der Waals surface area contributed by atoms with Crippen molar-refractivity contribution in [1.29, 1.82) is 0 Å². The van der Waals surface area contributed by atoms with Crippen LogP contribution in [0, 0.1) is 0 Å². The van der Waals surface area contributed by atoms with Crippen molar-refractivity contribution in [2.24, 2.45) is 0 Å². The van der Waals surface area contributed by atoms with E-state index in [0.29, 0.717) is 27.7 Å². The van der Waals surface area contributed by atoms with E-state index in [-0.39, 0.29) is 37.0 Å². The quantitative estimate of drug-likeness (QED) is 0.803. The van der Waals surface area contributed by atoms with Gasteiger partial charge in [-0.1, -0.05) is 29.8 Å². The highest BCUT2D eigenvalue weighted by Gasteiger charge is 2.20. The number of anilines is 2. The molecule has 128 valence electrons. The number of nitrogens with one attached hydrogen (secondary N) is 2. The first kappa shape index (κ1) is 17.0. The molecule has 0 atom stereocenters. The Kier molecular flexibility index (Phi) is 5.00. The van der Waals surface area contributed by atoms with Crippen molar-refractivity contribution in [2.75, 3.05) is 17.2 Å². The van der Waals surface area contributed by atoms with Gasteiger partial charge in [0.1, 0.15) is 0 Å². The molecule has 2 aromatic rings. The number of benzene rings is 2. The van der Waals surface area contributed by atoms with E-state index in [2.05, 4.69) is 10.6 Å². The van der Waals surface area contributed by atoms with Gasteiger partial charge in [0, 0.05) is 18.4 Å². The normalized spacial score (nSPS) is 12.6. The van der Waals surface area contributed by atoms with E-state index in [1.54, 1.807) is 42.5 Å². The van der Waals surface area contributed by atoms with Gasteiger partial charge < -0.3 is 15.4 Å². The van der Waals surface area contributed by atoms with Gasteiger partial charge >= 0.3 is 0 Å². The lowest BCUT2D eigenvalue weighted by Crippen LogP contribution is -2.26. The Bertz CT molecular complexity index is 851. The fourth-order valence-electron chi connectivity index (χ4n) is 2.48. The molecule has 2 amide bonds. The molecule has 0 aliphatic carbocycles. The Balaban J connectivity index is 1.62.